The molecule has 3 aromatic rings. The molecule has 0 spiro atoms. The van der Waals surface area contributed by atoms with E-state index < -0.39 is 0 Å². The minimum absolute atomic E-state index is 0.666. The first kappa shape index (κ1) is 16.6. The number of anilines is 3. The molecule has 0 atom stereocenters. The van der Waals surface area contributed by atoms with Crippen LogP contribution in [0.3, 0.4) is 0 Å². The first-order chi connectivity index (χ1) is 12.3. The highest BCUT2D eigenvalue weighted by Gasteiger charge is 2.02. The fraction of sp³-hybridized carbons (Fsp3) is 0.158. The van der Waals surface area contributed by atoms with Crippen molar-refractivity contribution >= 4 is 17.3 Å². The summed E-state index contributed by atoms with van der Waals surface area (Å²) in [5.41, 5.74) is 2.04. The first-order valence-electron chi connectivity index (χ1n) is 7.87. The Balaban J connectivity index is 1.64. The lowest BCUT2D eigenvalue weighted by Gasteiger charge is -2.10. The molecule has 6 nitrogen and oxygen atoms in total. The molecular weight excluding hydrogens is 316 g/mol. The van der Waals surface area contributed by atoms with Crippen molar-refractivity contribution in [3.05, 3.63) is 66.5 Å². The lowest BCUT2D eigenvalue weighted by Crippen LogP contribution is -2.03. The van der Waals surface area contributed by atoms with Crippen LogP contribution in [0.4, 0.5) is 17.3 Å². The molecule has 0 fully saturated rings. The molecule has 0 aliphatic heterocycles. The van der Waals surface area contributed by atoms with E-state index >= 15 is 0 Å². The molecule has 1 heterocycles. The molecule has 2 N–H and O–H groups in total. The van der Waals surface area contributed by atoms with Crippen molar-refractivity contribution < 1.29 is 9.47 Å². The number of hydrogen-bond acceptors (Lipinski definition) is 6. The molecule has 1 aromatic heterocycles. The number of methoxy groups -OCH3 is 2. The van der Waals surface area contributed by atoms with Crippen LogP contribution < -0.4 is 20.1 Å². The Bertz CT molecular complexity index is 822. The van der Waals surface area contributed by atoms with Gasteiger partial charge >= 0.3 is 0 Å². The molecular formula is C19H20N4O2. The first-order valence-corrected chi connectivity index (χ1v) is 7.87. The number of nitrogens with zero attached hydrogens (tertiary/aromatic N) is 2. The predicted molar refractivity (Wildman–Crippen MR) is 98.6 cm³/mol. The second kappa shape index (κ2) is 8.01. The van der Waals surface area contributed by atoms with E-state index in [0.29, 0.717) is 12.4 Å². The zero-order valence-corrected chi connectivity index (χ0v) is 14.2. The molecule has 6 heteroatoms. The number of rotatable bonds is 7. The van der Waals surface area contributed by atoms with E-state index in [4.69, 9.17) is 9.47 Å². The average molecular weight is 336 g/mol. The fourth-order valence-corrected chi connectivity index (χ4v) is 2.31. The Morgan fingerprint density at radius 3 is 2.36 bits per heavy atom. The zero-order valence-electron chi connectivity index (χ0n) is 14.2. The summed E-state index contributed by atoms with van der Waals surface area (Å²) in [5, 5.41) is 6.54. The van der Waals surface area contributed by atoms with Crippen LogP contribution in [0.1, 0.15) is 5.56 Å². The van der Waals surface area contributed by atoms with Crippen molar-refractivity contribution in [2.24, 2.45) is 0 Å². The molecule has 3 rings (SSSR count). The summed E-state index contributed by atoms with van der Waals surface area (Å²) in [6.07, 6.45) is 1.53. The van der Waals surface area contributed by atoms with Gasteiger partial charge in [-0.15, -0.1) is 0 Å². The van der Waals surface area contributed by atoms with Crippen LogP contribution in [-0.4, -0.2) is 24.2 Å². The normalized spacial score (nSPS) is 10.2. The van der Waals surface area contributed by atoms with Crippen molar-refractivity contribution in [1.82, 2.24) is 9.97 Å². The van der Waals surface area contributed by atoms with E-state index in [1.807, 2.05) is 54.6 Å². The van der Waals surface area contributed by atoms with Crippen molar-refractivity contribution in [2.75, 3.05) is 24.9 Å². The number of hydrogen-bond donors (Lipinski definition) is 2. The van der Waals surface area contributed by atoms with Crippen LogP contribution >= 0.6 is 0 Å². The van der Waals surface area contributed by atoms with Gasteiger partial charge in [-0.1, -0.05) is 18.2 Å². The van der Waals surface area contributed by atoms with Gasteiger partial charge in [0.2, 0.25) is 0 Å². The Morgan fingerprint density at radius 1 is 0.840 bits per heavy atom. The Labute approximate surface area is 146 Å². The van der Waals surface area contributed by atoms with Crippen LogP contribution in [0.5, 0.6) is 11.5 Å². The molecule has 0 saturated heterocycles. The number of aromatic nitrogens is 2. The van der Waals surface area contributed by atoms with Crippen molar-refractivity contribution in [1.29, 1.82) is 0 Å². The third kappa shape index (κ3) is 4.60. The highest BCUT2D eigenvalue weighted by atomic mass is 16.5. The van der Waals surface area contributed by atoms with Crippen molar-refractivity contribution in [2.45, 2.75) is 6.54 Å². The molecule has 0 saturated carbocycles. The van der Waals surface area contributed by atoms with Gasteiger partial charge in [-0.2, -0.15) is 0 Å². The van der Waals surface area contributed by atoms with Crippen LogP contribution in [0.25, 0.3) is 0 Å². The Hall–Kier alpha value is -3.28. The van der Waals surface area contributed by atoms with E-state index in [1.165, 1.54) is 6.33 Å². The number of ether oxygens (including phenoxy) is 2. The van der Waals surface area contributed by atoms with Crippen LogP contribution in [0, 0.1) is 0 Å². The van der Waals surface area contributed by atoms with E-state index in [2.05, 4.69) is 20.6 Å². The Morgan fingerprint density at radius 2 is 1.60 bits per heavy atom. The lowest BCUT2D eigenvalue weighted by atomic mass is 10.2. The molecule has 0 radical (unpaired) electrons. The van der Waals surface area contributed by atoms with Gasteiger partial charge in [0.25, 0.3) is 0 Å². The van der Waals surface area contributed by atoms with E-state index in [1.54, 1.807) is 14.2 Å². The average Bonchev–Trinajstić information content (AvgIpc) is 2.67. The van der Waals surface area contributed by atoms with E-state index in [0.717, 1.165) is 28.6 Å². The van der Waals surface area contributed by atoms with Crippen LogP contribution in [0.15, 0.2) is 60.9 Å². The van der Waals surface area contributed by atoms with E-state index in [-0.39, 0.29) is 0 Å². The molecule has 0 aliphatic carbocycles. The van der Waals surface area contributed by atoms with Gasteiger partial charge in [0.05, 0.1) is 14.2 Å². The summed E-state index contributed by atoms with van der Waals surface area (Å²) in [6.45, 7) is 0.666. The minimum atomic E-state index is 0.666. The third-order valence-corrected chi connectivity index (χ3v) is 3.64. The highest BCUT2D eigenvalue weighted by molar-refractivity contribution is 5.60. The maximum atomic E-state index is 5.23. The van der Waals surface area contributed by atoms with Gasteiger partial charge in [0.1, 0.15) is 29.5 Å². The molecule has 0 aliphatic rings. The molecule has 0 bridgehead atoms. The second-order valence-electron chi connectivity index (χ2n) is 5.35. The van der Waals surface area contributed by atoms with Crippen LogP contribution in [-0.2, 0) is 6.54 Å². The summed E-state index contributed by atoms with van der Waals surface area (Å²) in [5.74, 6) is 3.09. The molecule has 0 unspecified atom stereocenters. The van der Waals surface area contributed by atoms with Gasteiger partial charge in [-0.3, -0.25) is 0 Å². The predicted octanol–water partition coefficient (Wildman–Crippen LogP) is 3.85. The highest BCUT2D eigenvalue weighted by Crippen LogP contribution is 2.21. The van der Waals surface area contributed by atoms with Gasteiger partial charge < -0.3 is 20.1 Å². The Kier molecular flexibility index (Phi) is 5.31. The molecule has 2 aromatic carbocycles. The summed E-state index contributed by atoms with van der Waals surface area (Å²) in [4.78, 5) is 8.50. The smallest absolute Gasteiger partial charge is 0.135 e. The van der Waals surface area contributed by atoms with Crippen molar-refractivity contribution in [3.63, 3.8) is 0 Å². The fourth-order valence-electron chi connectivity index (χ4n) is 2.31. The molecule has 25 heavy (non-hydrogen) atoms. The van der Waals surface area contributed by atoms with E-state index in [9.17, 15) is 0 Å². The quantitative estimate of drug-likeness (QED) is 0.683. The van der Waals surface area contributed by atoms with Crippen LogP contribution in [0.2, 0.25) is 0 Å². The summed E-state index contributed by atoms with van der Waals surface area (Å²) >= 11 is 0. The maximum Gasteiger partial charge on any atom is 0.135 e. The van der Waals surface area contributed by atoms with Gasteiger partial charge in [0.15, 0.2) is 0 Å². The number of nitrogens with one attached hydrogen (secondary N) is 2. The molecule has 128 valence electrons. The lowest BCUT2D eigenvalue weighted by molar-refractivity contribution is 0.414. The standard InChI is InChI=1S/C19H20N4O2/c1-24-16-8-6-14(7-9-16)12-20-18-11-19(22-13-21-18)23-15-4-3-5-17(10-15)25-2/h3-11,13H,12H2,1-2H3,(H2,20,21,22,23). The van der Waals surface area contributed by atoms with Gasteiger partial charge in [-0.05, 0) is 29.8 Å². The van der Waals surface area contributed by atoms with Gasteiger partial charge in [-0.25, -0.2) is 9.97 Å². The molecule has 0 amide bonds. The van der Waals surface area contributed by atoms with Gasteiger partial charge in [0, 0.05) is 24.4 Å². The topological polar surface area (TPSA) is 68.3 Å². The summed E-state index contributed by atoms with van der Waals surface area (Å²) < 4.78 is 10.4. The minimum Gasteiger partial charge on any atom is -0.497 e. The zero-order chi connectivity index (χ0) is 17.5. The maximum absolute atomic E-state index is 5.23. The summed E-state index contributed by atoms with van der Waals surface area (Å²) in [7, 11) is 3.30. The largest absolute Gasteiger partial charge is 0.497 e. The summed E-state index contributed by atoms with van der Waals surface area (Å²) in [6, 6.07) is 17.5. The third-order valence-electron chi connectivity index (χ3n) is 3.64. The SMILES string of the molecule is COc1ccc(CNc2cc(Nc3cccc(OC)c3)ncn2)cc1. The number of benzene rings is 2. The van der Waals surface area contributed by atoms with Crippen molar-refractivity contribution in [3.8, 4) is 11.5 Å². The monoisotopic (exact) mass is 336 g/mol. The second-order valence-corrected chi connectivity index (χ2v) is 5.35.